The summed E-state index contributed by atoms with van der Waals surface area (Å²) < 4.78 is 0. The molecule has 0 rings (SSSR count). The molecule has 0 aromatic carbocycles. The van der Waals surface area contributed by atoms with Gasteiger partial charge in [-0.05, 0) is 0 Å². The Labute approximate surface area is 71.3 Å². The van der Waals surface area contributed by atoms with Crippen LogP contribution < -0.4 is 0 Å². The van der Waals surface area contributed by atoms with Crippen LogP contribution in [0.2, 0.25) is 0 Å². The molecule has 7 heavy (non-hydrogen) atoms. The van der Waals surface area contributed by atoms with Gasteiger partial charge in [0.2, 0.25) is 0 Å². The molecule has 0 atom stereocenters. The van der Waals surface area contributed by atoms with Crippen molar-refractivity contribution in [3.63, 3.8) is 0 Å². The molecule has 0 radical (unpaired) electrons. The van der Waals surface area contributed by atoms with Crippen LogP contribution in [0.15, 0.2) is 12.7 Å². The molecule has 0 aromatic heterocycles. The van der Waals surface area contributed by atoms with E-state index in [1.807, 2.05) is 0 Å². The minimum atomic E-state index is -0.981. The van der Waals surface area contributed by atoms with E-state index in [0.717, 1.165) is 6.08 Å². The van der Waals surface area contributed by atoms with Crippen molar-refractivity contribution in [1.29, 1.82) is 0 Å². The van der Waals surface area contributed by atoms with E-state index in [9.17, 15) is 4.79 Å². The molecule has 0 aliphatic carbocycles. The van der Waals surface area contributed by atoms with Crippen molar-refractivity contribution in [2.45, 2.75) is 0 Å². The Morgan fingerprint density at radius 3 is 1.86 bits per heavy atom. The van der Waals surface area contributed by atoms with E-state index in [-0.39, 0.29) is 43.2 Å². The van der Waals surface area contributed by atoms with Crippen LogP contribution in [0.1, 0.15) is 0 Å². The van der Waals surface area contributed by atoms with E-state index in [1.165, 1.54) is 0 Å². The van der Waals surface area contributed by atoms with Gasteiger partial charge in [-0.15, -0.1) is 0 Å². The third-order valence-electron chi connectivity index (χ3n) is 0.175. The SMILES string of the molecule is C=CC(=O)O.O.[CaH2]. The van der Waals surface area contributed by atoms with Gasteiger partial charge in [0.25, 0.3) is 0 Å². The zero-order chi connectivity index (χ0) is 4.28. The molecule has 0 bridgehead atoms. The second-order valence-electron chi connectivity index (χ2n) is 0.542. The maximum absolute atomic E-state index is 9.25. The molecule has 0 saturated heterocycles. The molecule has 0 fully saturated rings. The van der Waals surface area contributed by atoms with Gasteiger partial charge < -0.3 is 10.6 Å². The summed E-state index contributed by atoms with van der Waals surface area (Å²) in [5.74, 6) is -0.981. The second kappa shape index (κ2) is 9.66. The summed E-state index contributed by atoms with van der Waals surface area (Å²) in [5, 5.41) is 7.60. The summed E-state index contributed by atoms with van der Waals surface area (Å²) in [6, 6.07) is 0. The third kappa shape index (κ3) is 21.4. The molecule has 3 nitrogen and oxygen atoms in total. The molecule has 0 aliphatic rings. The molecule has 0 saturated carbocycles. The van der Waals surface area contributed by atoms with Gasteiger partial charge in [-0.3, -0.25) is 0 Å². The minimum absolute atomic E-state index is 0. The van der Waals surface area contributed by atoms with E-state index in [2.05, 4.69) is 6.58 Å². The van der Waals surface area contributed by atoms with Crippen molar-refractivity contribution < 1.29 is 15.4 Å². The quantitative estimate of drug-likeness (QED) is 0.349. The molecule has 4 heteroatoms. The fourth-order valence-corrected chi connectivity index (χ4v) is 0. The van der Waals surface area contributed by atoms with Crippen LogP contribution in [-0.4, -0.2) is 54.3 Å². The first-order valence-electron chi connectivity index (χ1n) is 1.12. The van der Waals surface area contributed by atoms with Crippen molar-refractivity contribution >= 4 is 43.7 Å². The molecule has 0 amide bonds. The predicted molar refractivity (Wildman–Crippen MR) is 30.0 cm³/mol. The van der Waals surface area contributed by atoms with Crippen LogP contribution in [0.5, 0.6) is 0 Å². The first-order valence-corrected chi connectivity index (χ1v) is 1.12. The fourth-order valence-electron chi connectivity index (χ4n) is 0. The Bertz CT molecular complexity index is 61.2. The van der Waals surface area contributed by atoms with Gasteiger partial charge in [-0.2, -0.15) is 0 Å². The number of rotatable bonds is 1. The average Bonchev–Trinajstić information content (AvgIpc) is 1.38. The molecule has 0 spiro atoms. The van der Waals surface area contributed by atoms with Crippen LogP contribution >= 0.6 is 0 Å². The van der Waals surface area contributed by atoms with E-state index in [1.54, 1.807) is 0 Å². The van der Waals surface area contributed by atoms with Crippen molar-refractivity contribution in [2.24, 2.45) is 0 Å². The number of hydrogen-bond acceptors (Lipinski definition) is 1. The molecular weight excluding hydrogens is 124 g/mol. The van der Waals surface area contributed by atoms with Crippen LogP contribution in [-0.2, 0) is 4.79 Å². The Morgan fingerprint density at radius 1 is 1.71 bits per heavy atom. The Balaban J connectivity index is -0.0000000800. The number of aliphatic carboxylic acids is 1. The van der Waals surface area contributed by atoms with Gasteiger partial charge in [0.15, 0.2) is 0 Å². The number of hydrogen-bond donors (Lipinski definition) is 1. The van der Waals surface area contributed by atoms with Crippen molar-refractivity contribution in [3.05, 3.63) is 12.7 Å². The summed E-state index contributed by atoms with van der Waals surface area (Å²) in [7, 11) is 0. The molecule has 3 N–H and O–H groups in total. The Morgan fingerprint density at radius 2 is 1.86 bits per heavy atom. The van der Waals surface area contributed by atoms with Crippen molar-refractivity contribution in [2.75, 3.05) is 0 Å². The van der Waals surface area contributed by atoms with Gasteiger partial charge in [-0.1, -0.05) is 6.58 Å². The molecule has 0 heterocycles. The number of carbonyl (C=O) groups is 1. The monoisotopic (exact) mass is 132 g/mol. The van der Waals surface area contributed by atoms with Crippen LogP contribution in [0.25, 0.3) is 0 Å². The van der Waals surface area contributed by atoms with Crippen molar-refractivity contribution in [3.8, 4) is 0 Å². The van der Waals surface area contributed by atoms with Gasteiger partial charge >= 0.3 is 43.7 Å². The summed E-state index contributed by atoms with van der Waals surface area (Å²) in [4.78, 5) is 9.25. The van der Waals surface area contributed by atoms with E-state index < -0.39 is 5.97 Å². The first-order chi connectivity index (χ1) is 2.27. The fraction of sp³-hybridized carbons (Fsp3) is 0. The zero-order valence-electron chi connectivity index (χ0n) is 3.14. The maximum atomic E-state index is 9.25. The van der Waals surface area contributed by atoms with E-state index in [0.29, 0.717) is 0 Å². The van der Waals surface area contributed by atoms with Crippen molar-refractivity contribution in [1.82, 2.24) is 0 Å². The first kappa shape index (κ1) is 15.7. The van der Waals surface area contributed by atoms with Crippen LogP contribution in [0.4, 0.5) is 0 Å². The second-order valence-corrected chi connectivity index (χ2v) is 0.542. The summed E-state index contributed by atoms with van der Waals surface area (Å²) in [5.41, 5.74) is 0. The summed E-state index contributed by atoms with van der Waals surface area (Å²) in [6.45, 7) is 2.96. The Kier molecular flexibility index (Phi) is 21.6. The average molecular weight is 132 g/mol. The van der Waals surface area contributed by atoms with Gasteiger partial charge in [-0.25, -0.2) is 4.79 Å². The van der Waals surface area contributed by atoms with Crippen LogP contribution in [0.3, 0.4) is 0 Å². The molecule has 0 unspecified atom stereocenters. The topological polar surface area (TPSA) is 68.8 Å². The van der Waals surface area contributed by atoms with E-state index >= 15 is 0 Å². The molecule has 0 aliphatic heterocycles. The number of carboxylic acids is 1. The van der Waals surface area contributed by atoms with Gasteiger partial charge in [0.05, 0.1) is 0 Å². The van der Waals surface area contributed by atoms with Gasteiger partial charge in [0.1, 0.15) is 0 Å². The van der Waals surface area contributed by atoms with Gasteiger partial charge in [0, 0.05) is 6.08 Å². The zero-order valence-corrected chi connectivity index (χ0v) is 3.14. The summed E-state index contributed by atoms with van der Waals surface area (Å²) in [6.07, 6.45) is 0.833. The molecule has 40 valence electrons. The normalized spacial score (nSPS) is 4.57. The standard InChI is InChI=1S/C3H4O2.Ca.H2O.2H/c1-2-3(4)5;;;;/h2H,1H2,(H,4,5);;1H2;;. The van der Waals surface area contributed by atoms with Crippen LogP contribution in [0, 0.1) is 0 Å². The predicted octanol–water partition coefficient (Wildman–Crippen LogP) is -1.48. The Hall–Kier alpha value is 0.430. The molecule has 0 aromatic rings. The third-order valence-corrected chi connectivity index (χ3v) is 0.175. The summed E-state index contributed by atoms with van der Waals surface area (Å²) >= 11 is 0. The number of carboxylic acid groups (broad SMARTS) is 1. The van der Waals surface area contributed by atoms with E-state index in [4.69, 9.17) is 5.11 Å². The molecular formula is C3H8CaO3.